The number of esters is 1. The molecule has 1 aliphatic carbocycles. The van der Waals surface area contributed by atoms with Crippen LogP contribution in [-0.2, 0) is 22.4 Å². The minimum Gasteiger partial charge on any atom is -0.490 e. The molecule has 1 aliphatic rings. The lowest BCUT2D eigenvalue weighted by molar-refractivity contribution is -0.145. The van der Waals surface area contributed by atoms with Crippen molar-refractivity contribution in [3.8, 4) is 11.5 Å². The molecule has 0 aliphatic heterocycles. The number of fused-ring (bicyclic) bond motifs is 1. The molecular weight excluding hydrogens is 627 g/mol. The zero-order valence-corrected chi connectivity index (χ0v) is 25.2. The van der Waals surface area contributed by atoms with Gasteiger partial charge in [-0.1, -0.05) is 31.0 Å². The molecule has 0 radical (unpaired) electrons. The third kappa shape index (κ3) is 7.82. The summed E-state index contributed by atoms with van der Waals surface area (Å²) in [6, 6.07) is 13.3. The molecule has 0 fully saturated rings. The van der Waals surface area contributed by atoms with Crippen LogP contribution in [0.4, 0.5) is 10.7 Å². The Labute approximate surface area is 247 Å². The molecule has 0 saturated carbocycles. The van der Waals surface area contributed by atoms with Crippen molar-refractivity contribution in [3.05, 3.63) is 67.6 Å². The second kappa shape index (κ2) is 14.5. The number of aryl methyl sites for hydroxylation is 1. The highest BCUT2D eigenvalue weighted by atomic mass is 127. The Hall–Kier alpha value is -2.92. The molecule has 0 bridgehead atoms. The van der Waals surface area contributed by atoms with E-state index in [1.807, 2.05) is 49.4 Å². The number of nitrogens with zero attached hydrogens (tertiary/aromatic N) is 1. The number of aliphatic imine (C=N–C) groups is 1. The van der Waals surface area contributed by atoms with Crippen LogP contribution >= 0.6 is 33.9 Å². The molecule has 206 valence electrons. The van der Waals surface area contributed by atoms with Gasteiger partial charge in [0.1, 0.15) is 5.00 Å². The van der Waals surface area contributed by atoms with Crippen molar-refractivity contribution in [1.29, 1.82) is 0 Å². The lowest BCUT2D eigenvalue weighted by Gasteiger charge is -2.14. The van der Waals surface area contributed by atoms with E-state index in [-0.39, 0.29) is 12.5 Å². The Morgan fingerprint density at radius 2 is 1.79 bits per heavy atom. The standard InChI is InChI=1S/C30H33IN2O5S/c1-3-36-24-17-20(16-23(31)28(24)38-19-26(34)37-4-2)18-32-30-27(29(35)33-21-12-8-7-9-13-21)22-14-10-5-6-11-15-25(22)39-30/h7-9,12-13,16-18H,3-6,10-11,14-15,19H2,1-2H3,(H,33,35). The van der Waals surface area contributed by atoms with Crippen molar-refractivity contribution in [2.45, 2.75) is 52.4 Å². The molecule has 9 heteroatoms. The Morgan fingerprint density at radius 3 is 2.54 bits per heavy atom. The fourth-order valence-electron chi connectivity index (χ4n) is 4.48. The molecule has 39 heavy (non-hydrogen) atoms. The number of carbonyl (C=O) groups excluding carboxylic acids is 2. The molecular formula is C30H33IN2O5S. The maximum Gasteiger partial charge on any atom is 0.344 e. The Bertz CT molecular complexity index is 1320. The van der Waals surface area contributed by atoms with E-state index < -0.39 is 5.97 Å². The number of rotatable bonds is 10. The third-order valence-electron chi connectivity index (χ3n) is 6.21. The van der Waals surface area contributed by atoms with Crippen molar-refractivity contribution in [2.24, 2.45) is 4.99 Å². The van der Waals surface area contributed by atoms with Crippen molar-refractivity contribution in [1.82, 2.24) is 0 Å². The number of thiophene rings is 1. The summed E-state index contributed by atoms with van der Waals surface area (Å²) in [6.45, 7) is 4.18. The average Bonchev–Trinajstić information content (AvgIpc) is 3.24. The first kappa shape index (κ1) is 29.1. The van der Waals surface area contributed by atoms with Gasteiger partial charge in [-0.15, -0.1) is 11.3 Å². The van der Waals surface area contributed by atoms with Crippen LogP contribution in [0.2, 0.25) is 0 Å². The summed E-state index contributed by atoms with van der Waals surface area (Å²) in [4.78, 5) is 31.4. The zero-order chi connectivity index (χ0) is 27.6. The molecule has 1 heterocycles. The summed E-state index contributed by atoms with van der Waals surface area (Å²) in [7, 11) is 0. The van der Waals surface area contributed by atoms with Gasteiger partial charge in [0.15, 0.2) is 18.1 Å². The highest BCUT2D eigenvalue weighted by Gasteiger charge is 2.24. The summed E-state index contributed by atoms with van der Waals surface area (Å²) in [5, 5.41) is 3.78. The van der Waals surface area contributed by atoms with Crippen LogP contribution in [0.15, 0.2) is 47.5 Å². The molecule has 4 rings (SSSR count). The van der Waals surface area contributed by atoms with Gasteiger partial charge >= 0.3 is 5.97 Å². The van der Waals surface area contributed by atoms with Crippen LogP contribution < -0.4 is 14.8 Å². The van der Waals surface area contributed by atoms with Gasteiger partial charge < -0.3 is 19.5 Å². The Morgan fingerprint density at radius 1 is 1.03 bits per heavy atom. The lowest BCUT2D eigenvalue weighted by atomic mass is 9.96. The smallest absolute Gasteiger partial charge is 0.344 e. The van der Waals surface area contributed by atoms with Gasteiger partial charge in [0.2, 0.25) is 0 Å². The molecule has 0 atom stereocenters. The summed E-state index contributed by atoms with van der Waals surface area (Å²) in [5.41, 5.74) is 3.37. The maximum absolute atomic E-state index is 13.5. The summed E-state index contributed by atoms with van der Waals surface area (Å²) in [6.07, 6.45) is 8.21. The van der Waals surface area contributed by atoms with E-state index in [1.165, 1.54) is 17.7 Å². The van der Waals surface area contributed by atoms with E-state index in [4.69, 9.17) is 19.2 Å². The maximum atomic E-state index is 13.5. The summed E-state index contributed by atoms with van der Waals surface area (Å²) >= 11 is 3.77. The molecule has 1 N–H and O–H groups in total. The molecule has 7 nitrogen and oxygen atoms in total. The van der Waals surface area contributed by atoms with Gasteiger partial charge in [0.05, 0.1) is 22.3 Å². The van der Waals surface area contributed by atoms with Crippen LogP contribution in [-0.4, -0.2) is 37.9 Å². The number of hydrogen-bond donors (Lipinski definition) is 1. The first-order chi connectivity index (χ1) is 19.0. The monoisotopic (exact) mass is 660 g/mol. The molecule has 3 aromatic rings. The van der Waals surface area contributed by atoms with Gasteiger partial charge in [-0.2, -0.15) is 0 Å². The summed E-state index contributed by atoms with van der Waals surface area (Å²) in [5.74, 6) is 0.454. The number of para-hydroxylation sites is 1. The van der Waals surface area contributed by atoms with E-state index >= 15 is 0 Å². The number of amides is 1. The van der Waals surface area contributed by atoms with Crippen LogP contribution in [0.3, 0.4) is 0 Å². The largest absolute Gasteiger partial charge is 0.490 e. The number of halogens is 1. The van der Waals surface area contributed by atoms with Crippen molar-refractivity contribution < 1.29 is 23.8 Å². The van der Waals surface area contributed by atoms with Crippen LogP contribution in [0.25, 0.3) is 0 Å². The third-order valence-corrected chi connectivity index (χ3v) is 8.21. The predicted molar refractivity (Wildman–Crippen MR) is 164 cm³/mol. The highest BCUT2D eigenvalue weighted by Crippen LogP contribution is 2.40. The van der Waals surface area contributed by atoms with Crippen LogP contribution in [0, 0.1) is 3.57 Å². The fourth-order valence-corrected chi connectivity index (χ4v) is 6.49. The van der Waals surface area contributed by atoms with E-state index in [9.17, 15) is 9.59 Å². The number of carbonyl (C=O) groups is 2. The number of anilines is 1. The number of benzene rings is 2. The second-order valence-electron chi connectivity index (χ2n) is 9.03. The van der Waals surface area contributed by atoms with Gasteiger partial charge in [-0.05, 0) is 97.5 Å². The normalized spacial score (nSPS) is 13.3. The SMILES string of the molecule is CCOC(=O)COc1c(I)cc(C=Nc2sc3c(c2C(=O)Nc2ccccc2)CCCCCC3)cc1OCC. The number of ether oxygens (including phenoxy) is 3. The van der Waals surface area contributed by atoms with Crippen LogP contribution in [0.5, 0.6) is 11.5 Å². The molecule has 0 spiro atoms. The first-order valence-electron chi connectivity index (χ1n) is 13.3. The minimum absolute atomic E-state index is 0.126. The fraction of sp³-hybridized carbons (Fsp3) is 0.367. The van der Waals surface area contributed by atoms with Crippen molar-refractivity contribution >= 4 is 62.7 Å². The van der Waals surface area contributed by atoms with E-state index in [2.05, 4.69) is 27.9 Å². The van der Waals surface area contributed by atoms with Gasteiger partial charge in [0, 0.05) is 16.8 Å². The highest BCUT2D eigenvalue weighted by molar-refractivity contribution is 14.1. The van der Waals surface area contributed by atoms with Crippen LogP contribution in [0.1, 0.15) is 65.9 Å². The minimum atomic E-state index is -0.434. The van der Waals surface area contributed by atoms with E-state index in [1.54, 1.807) is 24.5 Å². The number of hydrogen-bond acceptors (Lipinski definition) is 7. The van der Waals surface area contributed by atoms with Gasteiger partial charge in [-0.3, -0.25) is 4.79 Å². The van der Waals surface area contributed by atoms with Gasteiger partial charge in [-0.25, -0.2) is 9.79 Å². The first-order valence-corrected chi connectivity index (χ1v) is 15.2. The molecule has 2 aromatic carbocycles. The van der Waals surface area contributed by atoms with Crippen molar-refractivity contribution in [2.75, 3.05) is 25.1 Å². The molecule has 0 saturated heterocycles. The predicted octanol–water partition coefficient (Wildman–Crippen LogP) is 7.36. The van der Waals surface area contributed by atoms with Crippen molar-refractivity contribution in [3.63, 3.8) is 0 Å². The second-order valence-corrected chi connectivity index (χ2v) is 11.3. The quantitative estimate of drug-likeness (QED) is 0.140. The Kier molecular flexibility index (Phi) is 10.8. The zero-order valence-electron chi connectivity index (χ0n) is 22.3. The Balaban J connectivity index is 1.65. The summed E-state index contributed by atoms with van der Waals surface area (Å²) < 4.78 is 17.3. The average molecular weight is 661 g/mol. The van der Waals surface area contributed by atoms with Gasteiger partial charge in [0.25, 0.3) is 5.91 Å². The number of nitrogens with one attached hydrogen (secondary N) is 1. The molecule has 1 aromatic heterocycles. The topological polar surface area (TPSA) is 86.2 Å². The van der Waals surface area contributed by atoms with E-state index in [0.717, 1.165) is 46.1 Å². The molecule has 0 unspecified atom stereocenters. The van der Waals surface area contributed by atoms with E-state index in [0.29, 0.717) is 35.3 Å². The molecule has 1 amide bonds. The lowest BCUT2D eigenvalue weighted by Crippen LogP contribution is -2.15.